The number of carbonyl (C=O) groups excluding carboxylic acids is 1. The van der Waals surface area contributed by atoms with Gasteiger partial charge in [-0.05, 0) is 49.7 Å². The Kier molecular flexibility index (Phi) is 5.24. The Morgan fingerprint density at radius 1 is 1.10 bits per heavy atom. The molecule has 6 nitrogen and oxygen atoms in total. The lowest BCUT2D eigenvalue weighted by atomic mass is 10.0. The van der Waals surface area contributed by atoms with Gasteiger partial charge in [0.25, 0.3) is 5.91 Å². The molecule has 0 unspecified atom stereocenters. The number of benzene rings is 2. The van der Waals surface area contributed by atoms with Crippen LogP contribution in [0.15, 0.2) is 73.1 Å². The van der Waals surface area contributed by atoms with Crippen LogP contribution < -0.4 is 5.32 Å². The molecule has 2 aromatic heterocycles. The van der Waals surface area contributed by atoms with E-state index < -0.39 is 0 Å². The molecule has 0 spiro atoms. The predicted molar refractivity (Wildman–Crippen MR) is 112 cm³/mol. The molecule has 0 aliphatic carbocycles. The standard InChI is InChI=1S/C23H23N5O/c1-16-14-17(2)28(27-16)20-10-8-19(9-11-20)23(29)26-21(15-22-24-12-13-25-22)18-6-4-3-5-7-18/h3-14,21H,15H2,1-2H3,(H,24,25)(H,26,29)/t21-/m0/s1. The average molecular weight is 385 g/mol. The van der Waals surface area contributed by atoms with Crippen LogP contribution in [-0.4, -0.2) is 25.7 Å². The summed E-state index contributed by atoms with van der Waals surface area (Å²) in [7, 11) is 0. The Hall–Kier alpha value is -3.67. The largest absolute Gasteiger partial charge is 0.349 e. The number of H-pyrrole nitrogens is 1. The Balaban J connectivity index is 1.53. The predicted octanol–water partition coefficient (Wildman–Crippen LogP) is 3.93. The third kappa shape index (κ3) is 4.27. The van der Waals surface area contributed by atoms with E-state index in [0.29, 0.717) is 12.0 Å². The summed E-state index contributed by atoms with van der Waals surface area (Å²) in [4.78, 5) is 20.3. The fraction of sp³-hybridized carbons (Fsp3) is 0.174. The molecule has 29 heavy (non-hydrogen) atoms. The average Bonchev–Trinajstić information content (AvgIpc) is 3.37. The van der Waals surface area contributed by atoms with Crippen LogP contribution in [-0.2, 0) is 6.42 Å². The van der Waals surface area contributed by atoms with E-state index in [1.54, 1.807) is 12.4 Å². The second kappa shape index (κ2) is 8.14. The molecule has 4 rings (SSSR count). The van der Waals surface area contributed by atoms with Gasteiger partial charge in [0.2, 0.25) is 0 Å². The van der Waals surface area contributed by atoms with E-state index >= 15 is 0 Å². The topological polar surface area (TPSA) is 75.6 Å². The van der Waals surface area contributed by atoms with Gasteiger partial charge in [0.05, 0.1) is 17.4 Å². The van der Waals surface area contributed by atoms with E-state index in [0.717, 1.165) is 28.5 Å². The van der Waals surface area contributed by atoms with Crippen molar-refractivity contribution in [2.24, 2.45) is 0 Å². The number of nitrogens with one attached hydrogen (secondary N) is 2. The zero-order valence-electron chi connectivity index (χ0n) is 16.5. The van der Waals surface area contributed by atoms with E-state index in [9.17, 15) is 4.79 Å². The van der Waals surface area contributed by atoms with Gasteiger partial charge in [0, 0.05) is 30.1 Å². The first-order chi connectivity index (χ1) is 14.1. The molecule has 0 radical (unpaired) electrons. The van der Waals surface area contributed by atoms with Crippen LogP contribution in [0.1, 0.15) is 39.2 Å². The highest BCUT2D eigenvalue weighted by Gasteiger charge is 2.17. The minimum absolute atomic E-state index is 0.120. The van der Waals surface area contributed by atoms with Crippen molar-refractivity contribution in [2.75, 3.05) is 0 Å². The second-order valence-corrected chi connectivity index (χ2v) is 7.06. The van der Waals surface area contributed by atoms with Gasteiger partial charge in [-0.1, -0.05) is 30.3 Å². The lowest BCUT2D eigenvalue weighted by molar-refractivity contribution is 0.0936. The number of aromatic amines is 1. The number of rotatable bonds is 6. The van der Waals surface area contributed by atoms with Gasteiger partial charge in [0.15, 0.2) is 0 Å². The molecule has 0 bridgehead atoms. The van der Waals surface area contributed by atoms with Crippen molar-refractivity contribution < 1.29 is 4.79 Å². The number of amides is 1. The number of hydrogen-bond donors (Lipinski definition) is 2. The summed E-state index contributed by atoms with van der Waals surface area (Å²) < 4.78 is 1.88. The summed E-state index contributed by atoms with van der Waals surface area (Å²) in [5, 5.41) is 7.63. The van der Waals surface area contributed by atoms with Gasteiger partial charge < -0.3 is 10.3 Å². The van der Waals surface area contributed by atoms with Gasteiger partial charge in [-0.15, -0.1) is 0 Å². The molecule has 1 atom stereocenters. The van der Waals surface area contributed by atoms with E-state index in [1.165, 1.54) is 0 Å². The molecular formula is C23H23N5O. The SMILES string of the molecule is Cc1cc(C)n(-c2ccc(C(=O)N[C@@H](Cc3ncc[nH]3)c3ccccc3)cc2)n1. The van der Waals surface area contributed by atoms with Crippen LogP contribution in [0.2, 0.25) is 0 Å². The van der Waals surface area contributed by atoms with Crippen LogP contribution in [0.5, 0.6) is 0 Å². The van der Waals surface area contributed by atoms with E-state index in [-0.39, 0.29) is 11.9 Å². The van der Waals surface area contributed by atoms with Gasteiger partial charge in [0.1, 0.15) is 5.82 Å². The molecular weight excluding hydrogens is 362 g/mol. The molecule has 0 fully saturated rings. The Morgan fingerprint density at radius 2 is 1.86 bits per heavy atom. The van der Waals surface area contributed by atoms with Crippen molar-refractivity contribution in [3.8, 4) is 5.69 Å². The molecule has 2 heterocycles. The molecule has 4 aromatic rings. The monoisotopic (exact) mass is 385 g/mol. The van der Waals surface area contributed by atoms with Gasteiger partial charge in [-0.25, -0.2) is 9.67 Å². The number of carbonyl (C=O) groups is 1. The molecule has 0 aliphatic heterocycles. The van der Waals surface area contributed by atoms with Gasteiger partial charge in [-0.3, -0.25) is 4.79 Å². The van der Waals surface area contributed by atoms with Gasteiger partial charge >= 0.3 is 0 Å². The number of aromatic nitrogens is 4. The lowest BCUT2D eigenvalue weighted by Crippen LogP contribution is -2.30. The van der Waals surface area contributed by atoms with Crippen LogP contribution in [0.3, 0.4) is 0 Å². The van der Waals surface area contributed by atoms with Crippen molar-refractivity contribution in [3.05, 3.63) is 101 Å². The molecule has 2 N–H and O–H groups in total. The number of aryl methyl sites for hydroxylation is 2. The summed E-state index contributed by atoms with van der Waals surface area (Å²) in [6.45, 7) is 3.98. The van der Waals surface area contributed by atoms with Crippen molar-refractivity contribution in [3.63, 3.8) is 0 Å². The molecule has 146 valence electrons. The van der Waals surface area contributed by atoms with E-state index in [1.807, 2.05) is 79.2 Å². The molecule has 0 saturated carbocycles. The molecule has 0 aliphatic rings. The fourth-order valence-corrected chi connectivity index (χ4v) is 3.43. The van der Waals surface area contributed by atoms with Crippen molar-refractivity contribution in [2.45, 2.75) is 26.3 Å². The lowest BCUT2D eigenvalue weighted by Gasteiger charge is -2.18. The molecule has 6 heteroatoms. The Labute approximate surface area is 169 Å². The van der Waals surface area contributed by atoms with Crippen molar-refractivity contribution in [1.29, 1.82) is 0 Å². The zero-order valence-corrected chi connectivity index (χ0v) is 16.5. The van der Waals surface area contributed by atoms with Crippen LogP contribution in [0, 0.1) is 13.8 Å². The van der Waals surface area contributed by atoms with E-state index in [4.69, 9.17) is 0 Å². The summed E-state index contributed by atoms with van der Waals surface area (Å²) in [5.41, 5.74) is 4.60. The fourth-order valence-electron chi connectivity index (χ4n) is 3.43. The number of hydrogen-bond acceptors (Lipinski definition) is 3. The van der Waals surface area contributed by atoms with Crippen LogP contribution >= 0.6 is 0 Å². The smallest absolute Gasteiger partial charge is 0.251 e. The maximum Gasteiger partial charge on any atom is 0.251 e. The summed E-state index contributed by atoms with van der Waals surface area (Å²) in [6, 6.07) is 19.3. The summed E-state index contributed by atoms with van der Waals surface area (Å²) in [6.07, 6.45) is 4.10. The normalized spacial score (nSPS) is 11.9. The third-order valence-corrected chi connectivity index (χ3v) is 4.84. The van der Waals surface area contributed by atoms with Crippen LogP contribution in [0.25, 0.3) is 5.69 Å². The Bertz CT molecular complexity index is 1080. The van der Waals surface area contributed by atoms with Crippen molar-refractivity contribution in [1.82, 2.24) is 25.1 Å². The number of imidazole rings is 1. The maximum absolute atomic E-state index is 12.9. The zero-order chi connectivity index (χ0) is 20.2. The molecule has 0 saturated heterocycles. The van der Waals surface area contributed by atoms with E-state index in [2.05, 4.69) is 20.4 Å². The van der Waals surface area contributed by atoms with Crippen LogP contribution in [0.4, 0.5) is 0 Å². The quantitative estimate of drug-likeness (QED) is 0.528. The van der Waals surface area contributed by atoms with Crippen molar-refractivity contribution >= 4 is 5.91 Å². The summed E-state index contributed by atoms with van der Waals surface area (Å²) in [5.74, 6) is 0.712. The minimum Gasteiger partial charge on any atom is -0.349 e. The second-order valence-electron chi connectivity index (χ2n) is 7.06. The minimum atomic E-state index is -0.175. The first-order valence-corrected chi connectivity index (χ1v) is 9.58. The highest BCUT2D eigenvalue weighted by molar-refractivity contribution is 5.94. The maximum atomic E-state index is 12.9. The van der Waals surface area contributed by atoms with Gasteiger partial charge in [-0.2, -0.15) is 5.10 Å². The first kappa shape index (κ1) is 18.7. The third-order valence-electron chi connectivity index (χ3n) is 4.84. The molecule has 1 amide bonds. The Morgan fingerprint density at radius 3 is 2.48 bits per heavy atom. The number of nitrogens with zero attached hydrogens (tertiary/aromatic N) is 3. The molecule has 2 aromatic carbocycles. The highest BCUT2D eigenvalue weighted by Crippen LogP contribution is 2.18. The highest BCUT2D eigenvalue weighted by atomic mass is 16.1. The summed E-state index contributed by atoms with van der Waals surface area (Å²) >= 11 is 0. The first-order valence-electron chi connectivity index (χ1n) is 9.58.